The van der Waals surface area contributed by atoms with Crippen LogP contribution in [-0.2, 0) is 0 Å². The standard InChI is InChI=1S/C13H21N7/c1-8-9(2)17-12-10(16-8)11(14)18-13(19-12)15-6-5-7-20(3)4/h5-7H2,1-4H3,(H3,14,15,17,18,19). The van der Waals surface area contributed by atoms with Crippen molar-refractivity contribution in [3.63, 3.8) is 0 Å². The lowest BCUT2D eigenvalue weighted by atomic mass is 10.3. The molecule has 2 rings (SSSR count). The van der Waals surface area contributed by atoms with Crippen molar-refractivity contribution in [3.8, 4) is 0 Å². The first-order valence-corrected chi connectivity index (χ1v) is 6.64. The molecule has 0 radical (unpaired) electrons. The molecule has 0 atom stereocenters. The number of fused-ring (bicyclic) bond motifs is 1. The number of nitrogens with zero attached hydrogens (tertiary/aromatic N) is 5. The van der Waals surface area contributed by atoms with Crippen LogP contribution in [0.15, 0.2) is 0 Å². The van der Waals surface area contributed by atoms with Crippen LogP contribution in [0, 0.1) is 13.8 Å². The summed E-state index contributed by atoms with van der Waals surface area (Å²) < 4.78 is 0. The Kier molecular flexibility index (Phi) is 4.29. The molecule has 0 aliphatic carbocycles. The van der Waals surface area contributed by atoms with Crippen LogP contribution in [0.4, 0.5) is 11.8 Å². The van der Waals surface area contributed by atoms with E-state index in [1.807, 2.05) is 27.9 Å². The highest BCUT2D eigenvalue weighted by molar-refractivity contribution is 5.82. The topological polar surface area (TPSA) is 92.9 Å². The summed E-state index contributed by atoms with van der Waals surface area (Å²) in [5.74, 6) is 0.868. The minimum absolute atomic E-state index is 0.362. The van der Waals surface area contributed by atoms with Crippen LogP contribution in [0.1, 0.15) is 17.8 Å². The van der Waals surface area contributed by atoms with Gasteiger partial charge >= 0.3 is 0 Å². The monoisotopic (exact) mass is 275 g/mol. The molecule has 0 aliphatic rings. The minimum atomic E-state index is 0.362. The first kappa shape index (κ1) is 14.4. The Morgan fingerprint density at radius 2 is 1.75 bits per heavy atom. The van der Waals surface area contributed by atoms with Gasteiger partial charge in [0, 0.05) is 6.54 Å². The van der Waals surface area contributed by atoms with Gasteiger partial charge in [-0.1, -0.05) is 0 Å². The van der Waals surface area contributed by atoms with E-state index in [-0.39, 0.29) is 0 Å². The summed E-state index contributed by atoms with van der Waals surface area (Å²) >= 11 is 0. The Morgan fingerprint density at radius 1 is 1.05 bits per heavy atom. The van der Waals surface area contributed by atoms with Crippen molar-refractivity contribution in [2.75, 3.05) is 38.2 Å². The number of anilines is 2. The summed E-state index contributed by atoms with van der Waals surface area (Å²) in [5.41, 5.74) is 8.73. The first-order valence-electron chi connectivity index (χ1n) is 6.64. The predicted octanol–water partition coefficient (Wildman–Crippen LogP) is 0.982. The summed E-state index contributed by atoms with van der Waals surface area (Å²) in [6.45, 7) is 5.61. The SMILES string of the molecule is Cc1nc2nc(NCCCN(C)C)nc(N)c2nc1C. The Morgan fingerprint density at radius 3 is 2.45 bits per heavy atom. The van der Waals surface area contributed by atoms with E-state index < -0.39 is 0 Å². The molecule has 7 nitrogen and oxygen atoms in total. The number of nitrogens with two attached hydrogens (primary N) is 1. The smallest absolute Gasteiger partial charge is 0.226 e. The highest BCUT2D eigenvalue weighted by atomic mass is 15.1. The maximum absolute atomic E-state index is 5.93. The average Bonchev–Trinajstić information content (AvgIpc) is 2.37. The van der Waals surface area contributed by atoms with Crippen LogP contribution in [0.3, 0.4) is 0 Å². The lowest BCUT2D eigenvalue weighted by molar-refractivity contribution is 0.405. The molecule has 2 aromatic rings. The molecule has 0 aromatic carbocycles. The zero-order chi connectivity index (χ0) is 14.7. The lowest BCUT2D eigenvalue weighted by Gasteiger charge is -2.10. The summed E-state index contributed by atoms with van der Waals surface area (Å²) in [5, 5.41) is 3.17. The molecule has 0 spiro atoms. The van der Waals surface area contributed by atoms with Gasteiger partial charge in [0.2, 0.25) is 5.95 Å². The third kappa shape index (κ3) is 3.30. The highest BCUT2D eigenvalue weighted by Gasteiger charge is 2.09. The van der Waals surface area contributed by atoms with Crippen molar-refractivity contribution in [2.45, 2.75) is 20.3 Å². The van der Waals surface area contributed by atoms with Gasteiger partial charge in [0.05, 0.1) is 11.4 Å². The third-order valence-corrected chi connectivity index (χ3v) is 3.03. The van der Waals surface area contributed by atoms with E-state index in [2.05, 4.69) is 30.2 Å². The van der Waals surface area contributed by atoms with Crippen LogP contribution < -0.4 is 11.1 Å². The zero-order valence-electron chi connectivity index (χ0n) is 12.4. The molecule has 0 fully saturated rings. The number of nitrogens with one attached hydrogen (secondary N) is 1. The zero-order valence-corrected chi connectivity index (χ0v) is 12.4. The van der Waals surface area contributed by atoms with Crippen LogP contribution in [0.2, 0.25) is 0 Å². The Hall–Kier alpha value is -2.02. The molecular formula is C13H21N7. The van der Waals surface area contributed by atoms with Crippen LogP contribution in [0.5, 0.6) is 0 Å². The molecule has 0 saturated heterocycles. The van der Waals surface area contributed by atoms with E-state index in [9.17, 15) is 0 Å². The average molecular weight is 275 g/mol. The Balaban J connectivity index is 2.17. The Labute approximate surface area is 118 Å². The second-order valence-electron chi connectivity index (χ2n) is 5.08. The van der Waals surface area contributed by atoms with Gasteiger partial charge in [-0.25, -0.2) is 9.97 Å². The van der Waals surface area contributed by atoms with Gasteiger partial charge in [-0.3, -0.25) is 0 Å². The second-order valence-corrected chi connectivity index (χ2v) is 5.08. The van der Waals surface area contributed by atoms with E-state index in [0.29, 0.717) is 22.9 Å². The fraction of sp³-hybridized carbons (Fsp3) is 0.538. The molecule has 20 heavy (non-hydrogen) atoms. The molecule has 2 heterocycles. The maximum Gasteiger partial charge on any atom is 0.226 e. The van der Waals surface area contributed by atoms with E-state index in [4.69, 9.17) is 5.73 Å². The summed E-state index contributed by atoms with van der Waals surface area (Å²) in [6.07, 6.45) is 1.01. The minimum Gasteiger partial charge on any atom is -0.382 e. The van der Waals surface area contributed by atoms with E-state index >= 15 is 0 Å². The first-order chi connectivity index (χ1) is 9.47. The van der Waals surface area contributed by atoms with Gasteiger partial charge in [-0.15, -0.1) is 0 Å². The quantitative estimate of drug-likeness (QED) is 0.786. The van der Waals surface area contributed by atoms with Crippen molar-refractivity contribution in [3.05, 3.63) is 11.4 Å². The number of hydrogen-bond donors (Lipinski definition) is 2. The second kappa shape index (κ2) is 5.96. The normalized spacial score (nSPS) is 11.2. The maximum atomic E-state index is 5.93. The molecule has 0 aliphatic heterocycles. The fourth-order valence-corrected chi connectivity index (χ4v) is 1.81. The summed E-state index contributed by atoms with van der Waals surface area (Å²) in [4.78, 5) is 19.5. The van der Waals surface area contributed by atoms with Gasteiger partial charge in [0.15, 0.2) is 17.0 Å². The van der Waals surface area contributed by atoms with Crippen molar-refractivity contribution >= 4 is 22.9 Å². The molecule has 0 unspecified atom stereocenters. The summed E-state index contributed by atoms with van der Waals surface area (Å²) in [7, 11) is 4.09. The number of hydrogen-bond acceptors (Lipinski definition) is 7. The van der Waals surface area contributed by atoms with Crippen molar-refractivity contribution in [2.24, 2.45) is 0 Å². The number of rotatable bonds is 5. The highest BCUT2D eigenvalue weighted by Crippen LogP contribution is 2.17. The summed E-state index contributed by atoms with van der Waals surface area (Å²) in [6, 6.07) is 0. The Bertz CT molecular complexity index is 609. The molecule has 3 N–H and O–H groups in total. The van der Waals surface area contributed by atoms with Gasteiger partial charge in [0.25, 0.3) is 0 Å². The van der Waals surface area contributed by atoms with E-state index in [0.717, 1.165) is 30.9 Å². The van der Waals surface area contributed by atoms with Crippen LogP contribution >= 0.6 is 0 Å². The fourth-order valence-electron chi connectivity index (χ4n) is 1.81. The number of aryl methyl sites for hydroxylation is 2. The van der Waals surface area contributed by atoms with Crippen LogP contribution in [-0.4, -0.2) is 52.0 Å². The molecule has 0 saturated carbocycles. The van der Waals surface area contributed by atoms with E-state index in [1.165, 1.54) is 0 Å². The van der Waals surface area contributed by atoms with Crippen molar-refractivity contribution < 1.29 is 0 Å². The largest absolute Gasteiger partial charge is 0.382 e. The molecular weight excluding hydrogens is 254 g/mol. The van der Waals surface area contributed by atoms with Gasteiger partial charge in [-0.2, -0.15) is 9.97 Å². The third-order valence-electron chi connectivity index (χ3n) is 3.03. The van der Waals surface area contributed by atoms with Crippen LogP contribution in [0.25, 0.3) is 11.2 Å². The lowest BCUT2D eigenvalue weighted by Crippen LogP contribution is -2.17. The van der Waals surface area contributed by atoms with Gasteiger partial charge in [0.1, 0.15) is 0 Å². The number of aromatic nitrogens is 4. The predicted molar refractivity (Wildman–Crippen MR) is 80.7 cm³/mol. The van der Waals surface area contributed by atoms with Crippen molar-refractivity contribution in [1.82, 2.24) is 24.8 Å². The molecule has 2 aromatic heterocycles. The molecule has 0 bridgehead atoms. The van der Waals surface area contributed by atoms with Gasteiger partial charge < -0.3 is 16.0 Å². The number of nitrogen functional groups attached to an aromatic ring is 1. The van der Waals surface area contributed by atoms with Gasteiger partial charge in [-0.05, 0) is 40.9 Å². The molecule has 7 heteroatoms. The molecule has 108 valence electrons. The van der Waals surface area contributed by atoms with E-state index in [1.54, 1.807) is 0 Å². The molecule has 0 amide bonds. The van der Waals surface area contributed by atoms with Crippen molar-refractivity contribution in [1.29, 1.82) is 0 Å².